The van der Waals surface area contributed by atoms with Crippen LogP contribution in [0.4, 0.5) is 0 Å². The highest BCUT2D eigenvalue weighted by Crippen LogP contribution is 2.18. The van der Waals surface area contributed by atoms with Crippen LogP contribution in [0.3, 0.4) is 0 Å². The number of aromatic nitrogens is 1. The molecular formula is C15H20N2OS. The van der Waals surface area contributed by atoms with Gasteiger partial charge < -0.3 is 10.3 Å². The van der Waals surface area contributed by atoms with Crippen molar-refractivity contribution in [2.45, 2.75) is 39.3 Å². The third-order valence-electron chi connectivity index (χ3n) is 3.31. The van der Waals surface area contributed by atoms with Crippen LogP contribution >= 0.6 is 11.3 Å². The molecule has 1 unspecified atom stereocenters. The molecule has 0 fully saturated rings. The van der Waals surface area contributed by atoms with E-state index in [0.717, 1.165) is 18.5 Å². The van der Waals surface area contributed by atoms with Crippen LogP contribution in [0.15, 0.2) is 34.4 Å². The van der Waals surface area contributed by atoms with E-state index in [1.54, 1.807) is 0 Å². The highest BCUT2D eigenvalue weighted by atomic mass is 32.1. The number of aryl methyl sites for hydroxylation is 1. The van der Waals surface area contributed by atoms with Crippen molar-refractivity contribution >= 4 is 11.3 Å². The Morgan fingerprint density at radius 1 is 1.26 bits per heavy atom. The van der Waals surface area contributed by atoms with Gasteiger partial charge in [-0.05, 0) is 24.0 Å². The molecule has 1 aromatic heterocycles. The molecule has 102 valence electrons. The highest BCUT2D eigenvalue weighted by molar-refractivity contribution is 7.07. The van der Waals surface area contributed by atoms with E-state index in [2.05, 4.69) is 48.4 Å². The van der Waals surface area contributed by atoms with Gasteiger partial charge in [0.2, 0.25) is 0 Å². The Hall–Kier alpha value is -1.39. The summed E-state index contributed by atoms with van der Waals surface area (Å²) < 4.78 is 0. The van der Waals surface area contributed by atoms with E-state index >= 15 is 0 Å². The molecule has 2 aromatic rings. The van der Waals surface area contributed by atoms with Gasteiger partial charge >= 0.3 is 4.87 Å². The number of thiazole rings is 1. The molecule has 19 heavy (non-hydrogen) atoms. The molecule has 2 N–H and O–H groups in total. The number of benzene rings is 1. The maximum absolute atomic E-state index is 11.1. The predicted octanol–water partition coefficient (Wildman–Crippen LogP) is 3.24. The summed E-state index contributed by atoms with van der Waals surface area (Å²) in [6, 6.07) is 9.08. The summed E-state index contributed by atoms with van der Waals surface area (Å²) in [5, 5.41) is 5.37. The largest absolute Gasteiger partial charge is 0.315 e. The SMILES string of the molecule is CCc1ccc(C(CC)NCc2csc(=O)[nH]2)cc1. The molecule has 0 saturated heterocycles. The van der Waals surface area contributed by atoms with Gasteiger partial charge in [0, 0.05) is 23.7 Å². The number of H-pyrrole nitrogens is 1. The Labute approximate surface area is 117 Å². The lowest BCUT2D eigenvalue weighted by molar-refractivity contribution is 0.515. The Balaban J connectivity index is 2.00. The number of nitrogens with one attached hydrogen (secondary N) is 2. The van der Waals surface area contributed by atoms with E-state index in [9.17, 15) is 4.79 Å². The second kappa shape index (κ2) is 6.68. The van der Waals surface area contributed by atoms with Crippen LogP contribution in [-0.4, -0.2) is 4.98 Å². The number of rotatable bonds is 6. The molecule has 1 atom stereocenters. The molecule has 4 heteroatoms. The molecule has 1 aromatic carbocycles. The zero-order chi connectivity index (χ0) is 13.7. The summed E-state index contributed by atoms with van der Waals surface area (Å²) in [5.74, 6) is 0. The van der Waals surface area contributed by atoms with Crippen LogP contribution in [0.25, 0.3) is 0 Å². The molecule has 0 amide bonds. The predicted molar refractivity (Wildman–Crippen MR) is 80.6 cm³/mol. The molecule has 0 bridgehead atoms. The molecule has 0 aliphatic rings. The summed E-state index contributed by atoms with van der Waals surface area (Å²) >= 11 is 1.21. The lowest BCUT2D eigenvalue weighted by atomic mass is 10.0. The van der Waals surface area contributed by atoms with Gasteiger partial charge in [-0.25, -0.2) is 0 Å². The number of hydrogen-bond donors (Lipinski definition) is 2. The van der Waals surface area contributed by atoms with E-state index in [1.165, 1.54) is 22.5 Å². The lowest BCUT2D eigenvalue weighted by Crippen LogP contribution is -2.20. The second-order valence-electron chi connectivity index (χ2n) is 4.61. The lowest BCUT2D eigenvalue weighted by Gasteiger charge is -2.17. The minimum absolute atomic E-state index is 0.0112. The first-order valence-corrected chi connectivity index (χ1v) is 7.59. The first-order valence-electron chi connectivity index (χ1n) is 6.71. The Morgan fingerprint density at radius 3 is 2.53 bits per heavy atom. The molecule has 1 heterocycles. The van der Waals surface area contributed by atoms with Crippen molar-refractivity contribution in [3.63, 3.8) is 0 Å². The van der Waals surface area contributed by atoms with Crippen LogP contribution < -0.4 is 10.2 Å². The Morgan fingerprint density at radius 2 is 2.00 bits per heavy atom. The van der Waals surface area contributed by atoms with Gasteiger partial charge in [-0.1, -0.05) is 49.4 Å². The van der Waals surface area contributed by atoms with Gasteiger partial charge in [-0.2, -0.15) is 0 Å². The average molecular weight is 276 g/mol. The molecule has 0 saturated carbocycles. The summed E-state index contributed by atoms with van der Waals surface area (Å²) in [6.45, 7) is 5.03. The topological polar surface area (TPSA) is 44.9 Å². The molecule has 0 aliphatic carbocycles. The van der Waals surface area contributed by atoms with E-state index in [0.29, 0.717) is 12.6 Å². The molecule has 2 rings (SSSR count). The van der Waals surface area contributed by atoms with Gasteiger partial charge in [-0.15, -0.1) is 0 Å². The van der Waals surface area contributed by atoms with Crippen molar-refractivity contribution in [2.24, 2.45) is 0 Å². The van der Waals surface area contributed by atoms with Gasteiger partial charge in [0.05, 0.1) is 0 Å². The summed E-state index contributed by atoms with van der Waals surface area (Å²) in [7, 11) is 0. The number of aromatic amines is 1. The molecular weight excluding hydrogens is 256 g/mol. The van der Waals surface area contributed by atoms with Crippen LogP contribution in [0, 0.1) is 0 Å². The summed E-state index contributed by atoms with van der Waals surface area (Å²) in [5.41, 5.74) is 3.62. The van der Waals surface area contributed by atoms with Crippen LogP contribution in [0.2, 0.25) is 0 Å². The first kappa shape index (κ1) is 14.0. The molecule has 0 radical (unpaired) electrons. The zero-order valence-corrected chi connectivity index (χ0v) is 12.2. The molecule has 3 nitrogen and oxygen atoms in total. The van der Waals surface area contributed by atoms with Crippen molar-refractivity contribution in [1.29, 1.82) is 0 Å². The van der Waals surface area contributed by atoms with Crippen LogP contribution in [-0.2, 0) is 13.0 Å². The van der Waals surface area contributed by atoms with Crippen LogP contribution in [0.1, 0.15) is 43.1 Å². The van der Waals surface area contributed by atoms with Crippen molar-refractivity contribution in [3.05, 3.63) is 56.1 Å². The van der Waals surface area contributed by atoms with Crippen molar-refractivity contribution in [2.75, 3.05) is 0 Å². The summed E-state index contributed by atoms with van der Waals surface area (Å²) in [6.07, 6.45) is 2.10. The van der Waals surface area contributed by atoms with Gasteiger partial charge in [-0.3, -0.25) is 4.79 Å². The van der Waals surface area contributed by atoms with E-state index in [4.69, 9.17) is 0 Å². The monoisotopic (exact) mass is 276 g/mol. The zero-order valence-electron chi connectivity index (χ0n) is 11.4. The maximum Gasteiger partial charge on any atom is 0.304 e. The maximum atomic E-state index is 11.1. The number of hydrogen-bond acceptors (Lipinski definition) is 3. The smallest absolute Gasteiger partial charge is 0.304 e. The second-order valence-corrected chi connectivity index (χ2v) is 5.45. The molecule has 0 spiro atoms. The quantitative estimate of drug-likeness (QED) is 0.850. The van der Waals surface area contributed by atoms with E-state index in [-0.39, 0.29) is 4.87 Å². The normalized spacial score (nSPS) is 12.5. The minimum atomic E-state index is 0.0112. The van der Waals surface area contributed by atoms with E-state index < -0.39 is 0 Å². The van der Waals surface area contributed by atoms with Gasteiger partial charge in [0.1, 0.15) is 0 Å². The Bertz CT molecular complexity index is 556. The fourth-order valence-electron chi connectivity index (χ4n) is 2.12. The summed E-state index contributed by atoms with van der Waals surface area (Å²) in [4.78, 5) is 13.9. The average Bonchev–Trinajstić information content (AvgIpc) is 2.86. The van der Waals surface area contributed by atoms with E-state index in [1.807, 2.05) is 5.38 Å². The van der Waals surface area contributed by atoms with Gasteiger partial charge in [0.25, 0.3) is 0 Å². The third-order valence-corrected chi connectivity index (χ3v) is 4.03. The first-order chi connectivity index (χ1) is 9.22. The third kappa shape index (κ3) is 3.78. The highest BCUT2D eigenvalue weighted by Gasteiger charge is 2.09. The standard InChI is InChI=1S/C15H20N2OS/c1-3-11-5-7-12(8-6-11)14(4-2)16-9-13-10-19-15(18)17-13/h5-8,10,14,16H,3-4,9H2,1-2H3,(H,17,18). The fraction of sp³-hybridized carbons (Fsp3) is 0.400. The molecule has 0 aliphatic heterocycles. The minimum Gasteiger partial charge on any atom is -0.315 e. The van der Waals surface area contributed by atoms with Crippen molar-refractivity contribution in [3.8, 4) is 0 Å². The van der Waals surface area contributed by atoms with Gasteiger partial charge in [0.15, 0.2) is 0 Å². The fourth-order valence-corrected chi connectivity index (χ4v) is 2.70. The van der Waals surface area contributed by atoms with Crippen LogP contribution in [0.5, 0.6) is 0 Å². The van der Waals surface area contributed by atoms with Crippen molar-refractivity contribution in [1.82, 2.24) is 10.3 Å². The van der Waals surface area contributed by atoms with Crippen molar-refractivity contribution < 1.29 is 0 Å². The Kier molecular flexibility index (Phi) is 4.93.